The van der Waals surface area contributed by atoms with Gasteiger partial charge in [0.25, 0.3) is 0 Å². The average Bonchev–Trinajstić information content (AvgIpc) is 2.77. The van der Waals surface area contributed by atoms with Crippen LogP contribution in [0.1, 0.15) is 61.5 Å². The summed E-state index contributed by atoms with van der Waals surface area (Å²) in [4.78, 5) is 11.4. The molecule has 4 nitrogen and oxygen atoms in total. The molecule has 164 valence electrons. The molecule has 0 radical (unpaired) electrons. The molecule has 2 aromatic rings. The van der Waals surface area contributed by atoms with E-state index >= 15 is 0 Å². The first-order valence-electron chi connectivity index (χ1n) is 10.8. The number of unbranched alkanes of at least 4 members (excludes halogenated alkanes) is 1. The Bertz CT molecular complexity index is 953. The van der Waals surface area contributed by atoms with Gasteiger partial charge in [-0.15, -0.1) is 0 Å². The lowest BCUT2D eigenvalue weighted by molar-refractivity contribution is 0.101. The van der Waals surface area contributed by atoms with Crippen LogP contribution in [0.2, 0.25) is 0 Å². The van der Waals surface area contributed by atoms with Crippen LogP contribution < -0.4 is 5.73 Å². The number of ether oxygens (including phenoxy) is 1. The normalized spacial score (nSPS) is 12.7. The van der Waals surface area contributed by atoms with E-state index in [1.807, 2.05) is 54.6 Å². The Labute approximate surface area is 185 Å². The third-order valence-electron chi connectivity index (χ3n) is 4.87. The Morgan fingerprint density at radius 1 is 1.06 bits per heavy atom. The Balaban J connectivity index is 2.24. The van der Waals surface area contributed by atoms with Gasteiger partial charge < -0.3 is 15.6 Å². The van der Waals surface area contributed by atoms with Crippen molar-refractivity contribution in [2.75, 3.05) is 6.61 Å². The first-order chi connectivity index (χ1) is 15.0. The number of Topliss-reactive ketones (excluding diaryl/α,β-unsaturated/α-hetero) is 1. The number of benzene rings is 2. The first-order valence-corrected chi connectivity index (χ1v) is 10.8. The minimum Gasteiger partial charge on any atom is -0.507 e. The van der Waals surface area contributed by atoms with Crippen molar-refractivity contribution in [3.05, 3.63) is 94.9 Å². The van der Waals surface area contributed by atoms with Gasteiger partial charge in [0.2, 0.25) is 0 Å². The fourth-order valence-electron chi connectivity index (χ4n) is 3.12. The Morgan fingerprint density at radius 2 is 1.77 bits per heavy atom. The molecule has 31 heavy (non-hydrogen) atoms. The second-order valence-electron chi connectivity index (χ2n) is 7.39. The molecule has 2 aromatic carbocycles. The molecular weight excluding hydrogens is 386 g/mol. The molecule has 0 heterocycles. The van der Waals surface area contributed by atoms with Gasteiger partial charge in [-0.1, -0.05) is 74.9 Å². The molecule has 0 aliphatic heterocycles. The topological polar surface area (TPSA) is 72.5 Å². The summed E-state index contributed by atoms with van der Waals surface area (Å²) in [6.45, 7) is 6.16. The SMILES string of the molecule is CC/C=C(/C=C(OCCc1ccc(C(C)=O)cc1)\C(N)=C\CCC)c1ccccc1O. The van der Waals surface area contributed by atoms with Crippen molar-refractivity contribution in [1.82, 2.24) is 0 Å². The zero-order valence-corrected chi connectivity index (χ0v) is 18.7. The van der Waals surface area contributed by atoms with Crippen LogP contribution in [0.5, 0.6) is 5.75 Å². The number of para-hydroxylation sites is 1. The number of hydrogen-bond acceptors (Lipinski definition) is 4. The quantitative estimate of drug-likeness (QED) is 0.259. The molecule has 0 unspecified atom stereocenters. The lowest BCUT2D eigenvalue weighted by atomic mass is 10.0. The predicted molar refractivity (Wildman–Crippen MR) is 128 cm³/mol. The highest BCUT2D eigenvalue weighted by Gasteiger charge is 2.09. The van der Waals surface area contributed by atoms with Crippen LogP contribution in [0.15, 0.2) is 78.2 Å². The summed E-state index contributed by atoms with van der Waals surface area (Å²) in [5.74, 6) is 0.873. The van der Waals surface area contributed by atoms with E-state index in [4.69, 9.17) is 10.5 Å². The molecule has 0 aliphatic rings. The zero-order chi connectivity index (χ0) is 22.6. The van der Waals surface area contributed by atoms with Crippen LogP contribution in [0, 0.1) is 0 Å². The monoisotopic (exact) mass is 419 g/mol. The molecule has 0 aromatic heterocycles. The van der Waals surface area contributed by atoms with E-state index in [0.29, 0.717) is 30.0 Å². The lowest BCUT2D eigenvalue weighted by Gasteiger charge is -2.14. The van der Waals surface area contributed by atoms with Crippen molar-refractivity contribution in [1.29, 1.82) is 0 Å². The maximum atomic E-state index is 11.4. The van der Waals surface area contributed by atoms with Crippen molar-refractivity contribution >= 4 is 11.4 Å². The van der Waals surface area contributed by atoms with E-state index < -0.39 is 0 Å². The van der Waals surface area contributed by atoms with E-state index in [1.54, 1.807) is 19.1 Å². The summed E-state index contributed by atoms with van der Waals surface area (Å²) >= 11 is 0. The predicted octanol–water partition coefficient (Wildman–Crippen LogP) is 6.17. The number of phenolic OH excluding ortho intramolecular Hbond substituents is 1. The Hall–Kier alpha value is -3.27. The number of hydrogen-bond donors (Lipinski definition) is 2. The standard InChI is InChI=1S/C27H33NO3/c1-4-6-11-25(28)27(19-23(9-5-2)24-10-7-8-12-26(24)30)31-18-17-21-13-15-22(16-14-21)20(3)29/h7-16,19,30H,4-6,17-18,28H2,1-3H3/b23-9-,25-11-,27-19+. The smallest absolute Gasteiger partial charge is 0.159 e. The summed E-state index contributed by atoms with van der Waals surface area (Å²) in [5, 5.41) is 10.3. The highest BCUT2D eigenvalue weighted by atomic mass is 16.5. The van der Waals surface area contributed by atoms with E-state index in [-0.39, 0.29) is 11.5 Å². The third kappa shape index (κ3) is 7.49. The number of nitrogens with two attached hydrogens (primary N) is 1. The highest BCUT2D eigenvalue weighted by molar-refractivity contribution is 5.94. The zero-order valence-electron chi connectivity index (χ0n) is 18.7. The van der Waals surface area contributed by atoms with Crippen molar-refractivity contribution < 1.29 is 14.6 Å². The van der Waals surface area contributed by atoms with Crippen molar-refractivity contribution in [2.45, 2.75) is 46.5 Å². The molecular formula is C27H33NO3. The van der Waals surface area contributed by atoms with Gasteiger partial charge in [-0.05, 0) is 43.0 Å². The number of phenols is 1. The molecule has 0 amide bonds. The fraction of sp³-hybridized carbons (Fsp3) is 0.296. The number of carbonyl (C=O) groups excluding carboxylic acids is 1. The summed E-state index contributed by atoms with van der Waals surface area (Å²) in [7, 11) is 0. The van der Waals surface area contributed by atoms with Gasteiger partial charge in [0.05, 0.1) is 12.3 Å². The Kier molecular flexibility index (Phi) is 9.63. The summed E-state index contributed by atoms with van der Waals surface area (Å²) < 4.78 is 6.10. The molecule has 0 fully saturated rings. The van der Waals surface area contributed by atoms with Crippen LogP contribution >= 0.6 is 0 Å². The minimum absolute atomic E-state index is 0.0567. The van der Waals surface area contributed by atoms with Gasteiger partial charge in [-0.25, -0.2) is 0 Å². The number of aromatic hydroxyl groups is 1. The largest absolute Gasteiger partial charge is 0.507 e. The molecule has 0 spiro atoms. The van der Waals surface area contributed by atoms with Crippen LogP contribution in [0.25, 0.3) is 5.57 Å². The second-order valence-corrected chi connectivity index (χ2v) is 7.39. The van der Waals surface area contributed by atoms with E-state index in [1.165, 1.54) is 0 Å². The van der Waals surface area contributed by atoms with Crippen molar-refractivity contribution in [3.8, 4) is 5.75 Å². The van der Waals surface area contributed by atoms with Crippen molar-refractivity contribution in [3.63, 3.8) is 0 Å². The van der Waals surface area contributed by atoms with E-state index in [9.17, 15) is 9.90 Å². The van der Waals surface area contributed by atoms with Crippen molar-refractivity contribution in [2.24, 2.45) is 5.73 Å². The van der Waals surface area contributed by atoms with Gasteiger partial charge in [0.1, 0.15) is 11.5 Å². The van der Waals surface area contributed by atoms with Crippen LogP contribution in [0.4, 0.5) is 0 Å². The average molecular weight is 420 g/mol. The maximum Gasteiger partial charge on any atom is 0.159 e. The molecule has 0 atom stereocenters. The molecule has 0 saturated heterocycles. The van der Waals surface area contributed by atoms with Gasteiger partial charge in [-0.2, -0.15) is 0 Å². The van der Waals surface area contributed by atoms with Gasteiger partial charge in [0, 0.05) is 17.5 Å². The van der Waals surface area contributed by atoms with E-state index in [2.05, 4.69) is 13.8 Å². The summed E-state index contributed by atoms with van der Waals surface area (Å²) in [6, 6.07) is 14.8. The Morgan fingerprint density at radius 3 is 2.39 bits per heavy atom. The lowest BCUT2D eigenvalue weighted by Crippen LogP contribution is -2.08. The van der Waals surface area contributed by atoms with Gasteiger partial charge in [0.15, 0.2) is 5.78 Å². The number of rotatable bonds is 11. The van der Waals surface area contributed by atoms with Gasteiger partial charge >= 0.3 is 0 Å². The van der Waals surface area contributed by atoms with Crippen LogP contribution in [-0.4, -0.2) is 17.5 Å². The summed E-state index contributed by atoms with van der Waals surface area (Å²) in [6.07, 6.45) is 9.29. The maximum absolute atomic E-state index is 11.4. The number of carbonyl (C=O) groups is 1. The number of ketones is 1. The first kappa shape index (κ1) is 24.0. The van der Waals surface area contributed by atoms with E-state index in [0.717, 1.165) is 36.0 Å². The number of allylic oxidation sites excluding steroid dienone is 4. The highest BCUT2D eigenvalue weighted by Crippen LogP contribution is 2.28. The molecule has 2 rings (SSSR count). The molecule has 4 heteroatoms. The molecule has 0 bridgehead atoms. The van der Waals surface area contributed by atoms with Crippen LogP contribution in [0.3, 0.4) is 0 Å². The van der Waals surface area contributed by atoms with Gasteiger partial charge in [-0.3, -0.25) is 4.79 Å². The minimum atomic E-state index is 0.0567. The fourth-order valence-corrected chi connectivity index (χ4v) is 3.12. The summed E-state index contributed by atoms with van der Waals surface area (Å²) in [5.41, 5.74) is 10.3. The third-order valence-corrected chi connectivity index (χ3v) is 4.87. The molecule has 0 saturated carbocycles. The molecule has 3 N–H and O–H groups in total. The van der Waals surface area contributed by atoms with Crippen LogP contribution in [-0.2, 0) is 11.2 Å². The second kappa shape index (κ2) is 12.4. The molecule has 0 aliphatic carbocycles.